The van der Waals surface area contributed by atoms with Crippen molar-refractivity contribution < 1.29 is 24.5 Å². The number of carbonyl (C=O) groups excluding carboxylic acids is 2. The van der Waals surface area contributed by atoms with Gasteiger partial charge >= 0.3 is 5.97 Å². The minimum Gasteiger partial charge on any atom is -0.466 e. The van der Waals surface area contributed by atoms with Gasteiger partial charge in [-0.1, -0.05) is 18.6 Å². The third-order valence-electron chi connectivity index (χ3n) is 8.87. The summed E-state index contributed by atoms with van der Waals surface area (Å²) in [4.78, 5) is 23.5. The molecule has 4 aliphatic carbocycles. The van der Waals surface area contributed by atoms with E-state index in [9.17, 15) is 19.8 Å². The third kappa shape index (κ3) is 2.97. The highest BCUT2D eigenvalue weighted by atomic mass is 16.5. The predicted octanol–water partition coefficient (Wildman–Crippen LogP) is 3.03. The van der Waals surface area contributed by atoms with Gasteiger partial charge in [0.05, 0.1) is 6.61 Å². The minimum atomic E-state index is -0.841. The van der Waals surface area contributed by atoms with E-state index < -0.39 is 6.10 Å². The molecule has 2 N–H and O–H groups in total. The zero-order valence-electron chi connectivity index (χ0n) is 17.2. The van der Waals surface area contributed by atoms with Crippen molar-refractivity contribution in [2.75, 3.05) is 13.2 Å². The van der Waals surface area contributed by atoms with Crippen LogP contribution in [-0.4, -0.2) is 41.3 Å². The molecule has 0 aliphatic heterocycles. The quantitative estimate of drug-likeness (QED) is 0.569. The predicted molar refractivity (Wildman–Crippen MR) is 104 cm³/mol. The average molecular weight is 391 g/mol. The number of hydrogen-bond donors (Lipinski definition) is 2. The van der Waals surface area contributed by atoms with Crippen LogP contribution in [0.5, 0.6) is 0 Å². The molecular formula is C23H34O5. The SMILES string of the molecule is CC(=O)OCC[C@H]1CC=C2[C@H]3CCC4CC(O)C(=O)C[C@]4(CO)[C@H]3CC[C@@]21C. The summed E-state index contributed by atoms with van der Waals surface area (Å²) < 4.78 is 5.20. The molecule has 5 heteroatoms. The van der Waals surface area contributed by atoms with Crippen molar-refractivity contribution in [3.8, 4) is 0 Å². The number of rotatable bonds is 4. The number of Topliss-reactive ketones (excluding diaryl/α,β-unsaturated/α-hetero) is 1. The van der Waals surface area contributed by atoms with Crippen LogP contribution in [0.15, 0.2) is 11.6 Å². The molecule has 5 nitrogen and oxygen atoms in total. The zero-order valence-corrected chi connectivity index (χ0v) is 17.2. The molecular weight excluding hydrogens is 356 g/mol. The summed E-state index contributed by atoms with van der Waals surface area (Å²) in [7, 11) is 0. The molecule has 2 unspecified atom stereocenters. The molecule has 0 spiro atoms. The molecule has 0 aromatic rings. The van der Waals surface area contributed by atoms with E-state index in [0.717, 1.165) is 38.5 Å². The van der Waals surface area contributed by atoms with Crippen molar-refractivity contribution >= 4 is 11.8 Å². The van der Waals surface area contributed by atoms with Gasteiger partial charge in [0.1, 0.15) is 6.10 Å². The molecule has 7 atom stereocenters. The number of ketones is 1. The van der Waals surface area contributed by atoms with Crippen LogP contribution in [0.3, 0.4) is 0 Å². The Labute approximate surface area is 167 Å². The van der Waals surface area contributed by atoms with Crippen LogP contribution in [0.2, 0.25) is 0 Å². The van der Waals surface area contributed by atoms with Crippen LogP contribution in [0.25, 0.3) is 0 Å². The van der Waals surface area contributed by atoms with E-state index in [4.69, 9.17) is 4.74 Å². The van der Waals surface area contributed by atoms with E-state index in [0.29, 0.717) is 37.2 Å². The van der Waals surface area contributed by atoms with Gasteiger partial charge in [-0.15, -0.1) is 0 Å². The van der Waals surface area contributed by atoms with Gasteiger partial charge in [-0.25, -0.2) is 0 Å². The number of aliphatic hydroxyl groups excluding tert-OH is 2. The highest BCUT2D eigenvalue weighted by molar-refractivity contribution is 5.84. The first-order valence-corrected chi connectivity index (χ1v) is 11.0. The van der Waals surface area contributed by atoms with E-state index in [2.05, 4.69) is 13.0 Å². The second-order valence-corrected chi connectivity index (χ2v) is 9.95. The van der Waals surface area contributed by atoms with Gasteiger partial charge in [0, 0.05) is 25.4 Å². The number of esters is 1. The van der Waals surface area contributed by atoms with Gasteiger partial charge in [-0.05, 0) is 74.0 Å². The molecule has 0 aromatic carbocycles. The molecule has 0 aromatic heterocycles. The van der Waals surface area contributed by atoms with Crippen molar-refractivity contribution in [3.63, 3.8) is 0 Å². The lowest BCUT2D eigenvalue weighted by Gasteiger charge is -2.59. The van der Waals surface area contributed by atoms with Crippen LogP contribution in [0.4, 0.5) is 0 Å². The summed E-state index contributed by atoms with van der Waals surface area (Å²) >= 11 is 0. The van der Waals surface area contributed by atoms with Crippen molar-refractivity contribution in [2.24, 2.45) is 34.5 Å². The molecule has 4 rings (SSSR count). The number of hydrogen-bond acceptors (Lipinski definition) is 5. The summed E-state index contributed by atoms with van der Waals surface area (Å²) in [5.74, 6) is 1.22. The van der Waals surface area contributed by atoms with E-state index in [1.807, 2.05) is 0 Å². The maximum atomic E-state index is 12.4. The number of carbonyl (C=O) groups is 2. The number of allylic oxidation sites excluding steroid dienone is 2. The van der Waals surface area contributed by atoms with Crippen molar-refractivity contribution in [1.29, 1.82) is 0 Å². The Morgan fingerprint density at radius 1 is 1.32 bits per heavy atom. The first kappa shape index (κ1) is 20.1. The largest absolute Gasteiger partial charge is 0.466 e. The molecule has 3 saturated carbocycles. The number of fused-ring (bicyclic) bond motifs is 5. The summed E-state index contributed by atoms with van der Waals surface area (Å²) in [5, 5.41) is 20.5. The molecule has 156 valence electrons. The van der Waals surface area contributed by atoms with Crippen molar-refractivity contribution in [3.05, 3.63) is 11.6 Å². The fraction of sp³-hybridized carbons (Fsp3) is 0.826. The van der Waals surface area contributed by atoms with Crippen LogP contribution >= 0.6 is 0 Å². The van der Waals surface area contributed by atoms with Crippen LogP contribution in [0.1, 0.15) is 65.2 Å². The molecule has 0 bridgehead atoms. The van der Waals surface area contributed by atoms with Gasteiger partial charge in [-0.3, -0.25) is 9.59 Å². The van der Waals surface area contributed by atoms with Crippen molar-refractivity contribution in [1.82, 2.24) is 0 Å². The van der Waals surface area contributed by atoms with Gasteiger partial charge in [0.2, 0.25) is 0 Å². The molecule has 0 heterocycles. The topological polar surface area (TPSA) is 83.8 Å². The lowest BCUT2D eigenvalue weighted by Crippen LogP contribution is -2.57. The summed E-state index contributed by atoms with van der Waals surface area (Å²) in [6.07, 6.45) is 8.52. The minimum absolute atomic E-state index is 0.0527. The Morgan fingerprint density at radius 2 is 2.11 bits per heavy atom. The zero-order chi connectivity index (χ0) is 20.1. The van der Waals surface area contributed by atoms with E-state index >= 15 is 0 Å². The number of ether oxygens (including phenoxy) is 1. The first-order valence-electron chi connectivity index (χ1n) is 11.0. The average Bonchev–Trinajstić information content (AvgIpc) is 2.99. The standard InChI is InChI=1S/C23H34O5/c1-14(25)28-10-8-15-4-6-18-17-5-3-16-11-20(26)21(27)12-23(16,13-24)19(17)7-9-22(15,18)2/h6,15-17,19-20,24,26H,3-5,7-13H2,1-2H3/t15-,16?,17-,19+,20?,22-,23-/m1/s1. The molecule has 0 radical (unpaired) electrons. The molecule has 0 saturated heterocycles. The second kappa shape index (κ2) is 7.24. The Bertz CT molecular complexity index is 684. The smallest absolute Gasteiger partial charge is 0.302 e. The fourth-order valence-corrected chi connectivity index (χ4v) is 7.37. The van der Waals surface area contributed by atoms with Gasteiger partial charge in [0.25, 0.3) is 0 Å². The first-order chi connectivity index (χ1) is 13.3. The maximum Gasteiger partial charge on any atom is 0.302 e. The monoisotopic (exact) mass is 390 g/mol. The van der Waals surface area contributed by atoms with E-state index in [1.54, 1.807) is 0 Å². The highest BCUT2D eigenvalue weighted by Gasteiger charge is 2.60. The molecule has 3 fully saturated rings. The van der Waals surface area contributed by atoms with Crippen LogP contribution in [-0.2, 0) is 14.3 Å². The maximum absolute atomic E-state index is 12.4. The fourth-order valence-electron chi connectivity index (χ4n) is 7.37. The van der Waals surface area contributed by atoms with Crippen LogP contribution in [0, 0.1) is 34.5 Å². The normalized spacial score (nSPS) is 44.9. The molecule has 0 amide bonds. The van der Waals surface area contributed by atoms with Crippen molar-refractivity contribution in [2.45, 2.75) is 71.3 Å². The Balaban J connectivity index is 1.55. The van der Waals surface area contributed by atoms with E-state index in [1.165, 1.54) is 12.5 Å². The summed E-state index contributed by atoms with van der Waals surface area (Å²) in [5.41, 5.74) is 1.32. The highest BCUT2D eigenvalue weighted by Crippen LogP contribution is 2.65. The number of aliphatic hydroxyl groups is 2. The second-order valence-electron chi connectivity index (χ2n) is 9.95. The Kier molecular flexibility index (Phi) is 5.20. The van der Waals surface area contributed by atoms with Gasteiger partial charge in [-0.2, -0.15) is 0 Å². The lowest BCUT2D eigenvalue weighted by molar-refractivity contribution is -0.155. The Morgan fingerprint density at radius 3 is 2.82 bits per heavy atom. The van der Waals surface area contributed by atoms with Gasteiger partial charge < -0.3 is 14.9 Å². The molecule has 4 aliphatic rings. The van der Waals surface area contributed by atoms with Crippen LogP contribution < -0.4 is 0 Å². The van der Waals surface area contributed by atoms with Gasteiger partial charge in [0.15, 0.2) is 5.78 Å². The summed E-state index contributed by atoms with van der Waals surface area (Å²) in [6.45, 7) is 4.37. The molecule has 28 heavy (non-hydrogen) atoms. The lowest BCUT2D eigenvalue weighted by atomic mass is 9.45. The van der Waals surface area contributed by atoms with E-state index in [-0.39, 0.29) is 35.1 Å². The third-order valence-corrected chi connectivity index (χ3v) is 8.87. The Hall–Kier alpha value is -1.20. The summed E-state index contributed by atoms with van der Waals surface area (Å²) in [6, 6.07) is 0.